The molecule has 0 saturated carbocycles. The van der Waals surface area contributed by atoms with Crippen LogP contribution in [0.3, 0.4) is 0 Å². The summed E-state index contributed by atoms with van der Waals surface area (Å²) in [5, 5.41) is 12.5. The van der Waals surface area contributed by atoms with E-state index in [-0.39, 0.29) is 29.8 Å². The second-order valence-corrected chi connectivity index (χ2v) is 4.56. The summed E-state index contributed by atoms with van der Waals surface area (Å²) in [6.07, 6.45) is 2.01. The van der Waals surface area contributed by atoms with Crippen LogP contribution in [0, 0.1) is 0 Å². The highest BCUT2D eigenvalue weighted by atomic mass is 16.5. The van der Waals surface area contributed by atoms with Crippen LogP contribution >= 0.6 is 0 Å². The fourth-order valence-corrected chi connectivity index (χ4v) is 2.39. The van der Waals surface area contributed by atoms with Gasteiger partial charge in [0.25, 0.3) is 0 Å². The third kappa shape index (κ3) is 2.09. The molecule has 1 fully saturated rings. The molecule has 11 heteroatoms. The van der Waals surface area contributed by atoms with Crippen molar-refractivity contribution in [1.82, 2.24) is 19.2 Å². The van der Waals surface area contributed by atoms with Crippen molar-refractivity contribution >= 4 is 17.1 Å². The van der Waals surface area contributed by atoms with E-state index in [0.29, 0.717) is 12.8 Å². The monoisotopic (exact) mass is 292 g/mol. The number of rotatable bonds is 3. The molecule has 0 unspecified atom stereocenters. The molecule has 0 spiro atoms. The number of fused-ring (bicyclic) bond motifs is 1. The number of anilines is 1. The van der Waals surface area contributed by atoms with E-state index in [1.165, 1.54) is 6.33 Å². The van der Waals surface area contributed by atoms with Crippen LogP contribution in [0.25, 0.3) is 21.6 Å². The Morgan fingerprint density at radius 3 is 3.10 bits per heavy atom. The van der Waals surface area contributed by atoms with Gasteiger partial charge in [0, 0.05) is 0 Å². The summed E-state index contributed by atoms with van der Waals surface area (Å²) in [5.74, 6) is -0.233. The predicted molar refractivity (Wildman–Crippen MR) is 71.0 cm³/mol. The highest BCUT2D eigenvalue weighted by Crippen LogP contribution is 2.30. The molecule has 1 aliphatic heterocycles. The number of imidazole rings is 1. The Hall–Kier alpha value is -2.62. The Balaban J connectivity index is 2.20. The number of nitrogen functional groups attached to an aromatic ring is 1. The van der Waals surface area contributed by atoms with Crippen LogP contribution in [0.2, 0.25) is 0 Å². The average molecular weight is 292 g/mol. The SMILES string of the molecule is [N-]=[N+]=Nn1c(N)nc(=O)c2ncn([C@H]3CC[C@@H](CO)O3)c21. The maximum absolute atomic E-state index is 11.8. The summed E-state index contributed by atoms with van der Waals surface area (Å²) in [5.41, 5.74) is 13.9. The third-order valence-corrected chi connectivity index (χ3v) is 3.33. The van der Waals surface area contributed by atoms with E-state index < -0.39 is 11.8 Å². The van der Waals surface area contributed by atoms with Crippen molar-refractivity contribution in [3.8, 4) is 0 Å². The van der Waals surface area contributed by atoms with Gasteiger partial charge in [-0.05, 0) is 18.1 Å². The van der Waals surface area contributed by atoms with Gasteiger partial charge in [-0.1, -0.05) is 0 Å². The van der Waals surface area contributed by atoms with Gasteiger partial charge in [-0.3, -0.25) is 9.36 Å². The Kier molecular flexibility index (Phi) is 3.22. The molecule has 2 aromatic rings. The lowest BCUT2D eigenvalue weighted by Crippen LogP contribution is -2.19. The molecule has 3 heterocycles. The lowest BCUT2D eigenvalue weighted by molar-refractivity contribution is -0.0209. The van der Waals surface area contributed by atoms with Crippen molar-refractivity contribution in [3.05, 3.63) is 27.1 Å². The minimum atomic E-state index is -0.609. The fraction of sp³-hybridized carbons (Fsp3) is 0.500. The number of nitrogens with two attached hydrogens (primary N) is 1. The van der Waals surface area contributed by atoms with Gasteiger partial charge in [-0.15, -0.1) is 10.2 Å². The smallest absolute Gasteiger partial charge is 0.306 e. The molecule has 11 nitrogen and oxygen atoms in total. The first-order valence-electron chi connectivity index (χ1n) is 6.22. The third-order valence-electron chi connectivity index (χ3n) is 3.33. The predicted octanol–water partition coefficient (Wildman–Crippen LogP) is -0.0815. The van der Waals surface area contributed by atoms with Crippen molar-refractivity contribution in [2.24, 2.45) is 5.22 Å². The summed E-state index contributed by atoms with van der Waals surface area (Å²) < 4.78 is 8.19. The second kappa shape index (κ2) is 5.05. The summed E-state index contributed by atoms with van der Waals surface area (Å²) in [4.78, 5) is 22.0. The van der Waals surface area contributed by atoms with Crippen LogP contribution in [0.1, 0.15) is 19.1 Å². The highest BCUT2D eigenvalue weighted by Gasteiger charge is 2.30. The highest BCUT2D eigenvalue weighted by molar-refractivity contribution is 5.71. The molecule has 0 amide bonds. The molecule has 0 radical (unpaired) electrons. The van der Waals surface area contributed by atoms with Crippen molar-refractivity contribution in [2.45, 2.75) is 25.2 Å². The Bertz CT molecular complexity index is 789. The maximum atomic E-state index is 11.8. The standard InChI is InChI=1S/C10H12N8O3/c11-10-14-8(20)7-9(18(10)16-15-12)17(4-13-7)6-2-1-5(3-19)21-6/h4-6,19H,1-3H2,(H2,11,14,20)/t5-,6+/m0/s1. The number of azide groups is 1. The summed E-state index contributed by atoms with van der Waals surface area (Å²) >= 11 is 0. The van der Waals surface area contributed by atoms with E-state index in [2.05, 4.69) is 20.1 Å². The normalized spacial score (nSPS) is 21.6. The van der Waals surface area contributed by atoms with Crippen LogP contribution in [-0.2, 0) is 4.74 Å². The largest absolute Gasteiger partial charge is 0.394 e. The molecule has 1 saturated heterocycles. The van der Waals surface area contributed by atoms with Gasteiger partial charge in [0.05, 0.1) is 12.7 Å². The van der Waals surface area contributed by atoms with Crippen LogP contribution in [0.4, 0.5) is 5.95 Å². The lowest BCUT2D eigenvalue weighted by atomic mass is 10.2. The molecule has 0 bridgehead atoms. The summed E-state index contributed by atoms with van der Waals surface area (Å²) in [7, 11) is 0. The van der Waals surface area contributed by atoms with Crippen LogP contribution < -0.4 is 11.3 Å². The zero-order valence-electron chi connectivity index (χ0n) is 10.8. The molecule has 21 heavy (non-hydrogen) atoms. The van der Waals surface area contributed by atoms with Crippen LogP contribution in [0.5, 0.6) is 0 Å². The van der Waals surface area contributed by atoms with E-state index >= 15 is 0 Å². The van der Waals surface area contributed by atoms with Crippen molar-refractivity contribution in [3.63, 3.8) is 0 Å². The molecule has 1 aliphatic rings. The van der Waals surface area contributed by atoms with Crippen LogP contribution in [0.15, 0.2) is 16.3 Å². The molecule has 2 atom stereocenters. The quantitative estimate of drug-likeness (QED) is 0.457. The Morgan fingerprint density at radius 1 is 1.62 bits per heavy atom. The van der Waals surface area contributed by atoms with Gasteiger partial charge in [0.2, 0.25) is 5.65 Å². The summed E-state index contributed by atoms with van der Waals surface area (Å²) in [6.45, 7) is -0.0873. The van der Waals surface area contributed by atoms with Crippen molar-refractivity contribution in [2.75, 3.05) is 12.3 Å². The Labute approximate surface area is 117 Å². The average Bonchev–Trinajstić information content (AvgIpc) is 3.09. The minimum absolute atomic E-state index is 0.0349. The molecule has 0 aliphatic carbocycles. The van der Waals surface area contributed by atoms with Gasteiger partial charge >= 0.3 is 11.5 Å². The fourth-order valence-electron chi connectivity index (χ4n) is 2.39. The molecular formula is C10H12N8O3. The minimum Gasteiger partial charge on any atom is -0.394 e. The first-order chi connectivity index (χ1) is 10.2. The first kappa shape index (κ1) is 13.4. The maximum Gasteiger partial charge on any atom is 0.306 e. The number of ether oxygens (including phenoxy) is 1. The molecule has 0 aromatic carbocycles. The number of aliphatic hydroxyl groups is 1. The van der Waals surface area contributed by atoms with Crippen molar-refractivity contribution in [1.29, 1.82) is 0 Å². The zero-order valence-corrected chi connectivity index (χ0v) is 10.8. The van der Waals surface area contributed by atoms with E-state index in [1.54, 1.807) is 4.57 Å². The molecule has 110 valence electrons. The van der Waals surface area contributed by atoms with E-state index in [1.807, 2.05) is 0 Å². The summed E-state index contributed by atoms with van der Waals surface area (Å²) in [6, 6.07) is 0. The molecule has 3 N–H and O–H groups in total. The first-order valence-corrected chi connectivity index (χ1v) is 6.22. The molecular weight excluding hydrogens is 280 g/mol. The van der Waals surface area contributed by atoms with E-state index in [0.717, 1.165) is 4.68 Å². The number of hydrogen-bond acceptors (Lipinski definition) is 7. The van der Waals surface area contributed by atoms with Crippen molar-refractivity contribution < 1.29 is 9.84 Å². The van der Waals surface area contributed by atoms with Gasteiger partial charge in [0.1, 0.15) is 12.6 Å². The van der Waals surface area contributed by atoms with E-state index in [4.69, 9.17) is 21.1 Å². The number of aromatic nitrogens is 4. The number of nitrogens with zero attached hydrogens (tertiary/aromatic N) is 7. The zero-order chi connectivity index (χ0) is 15.0. The number of aliphatic hydroxyl groups excluding tert-OH is 1. The lowest BCUT2D eigenvalue weighted by Gasteiger charge is -2.14. The molecule has 3 rings (SSSR count). The number of hydrogen-bond donors (Lipinski definition) is 2. The molecule has 2 aromatic heterocycles. The van der Waals surface area contributed by atoms with Crippen LogP contribution in [-0.4, -0.2) is 37.0 Å². The van der Waals surface area contributed by atoms with Gasteiger partial charge in [-0.25, -0.2) is 4.98 Å². The van der Waals surface area contributed by atoms with Gasteiger partial charge in [0.15, 0.2) is 5.52 Å². The van der Waals surface area contributed by atoms with Gasteiger partial charge in [-0.2, -0.15) is 9.90 Å². The second-order valence-electron chi connectivity index (χ2n) is 4.56. The van der Waals surface area contributed by atoms with E-state index in [9.17, 15) is 4.79 Å². The van der Waals surface area contributed by atoms with Gasteiger partial charge < -0.3 is 15.6 Å². The Morgan fingerprint density at radius 2 is 2.43 bits per heavy atom. The topological polar surface area (TPSA) is 157 Å².